The van der Waals surface area contributed by atoms with Gasteiger partial charge in [-0.15, -0.1) is 11.3 Å². The standard InChI is InChI=1S/C13H19ClN2O2S/c1-8(10-4-3-7-18-10)15-13(17)16-9(2)11-5-6-12(14)19-11/h5-6,8-10H,3-4,7H2,1-2H3,(H2,15,16,17)/t8-,9-,10+/m0/s1. The summed E-state index contributed by atoms with van der Waals surface area (Å²) < 4.78 is 6.28. The Balaban J connectivity index is 1.80. The van der Waals surface area contributed by atoms with Gasteiger partial charge in [-0.2, -0.15) is 0 Å². The van der Waals surface area contributed by atoms with Crippen molar-refractivity contribution in [2.24, 2.45) is 0 Å². The molecule has 0 spiro atoms. The Hall–Kier alpha value is -0.780. The number of carbonyl (C=O) groups is 1. The van der Waals surface area contributed by atoms with Crippen molar-refractivity contribution in [3.05, 3.63) is 21.3 Å². The summed E-state index contributed by atoms with van der Waals surface area (Å²) in [5.41, 5.74) is 0. The third kappa shape index (κ3) is 4.09. The van der Waals surface area contributed by atoms with Crippen molar-refractivity contribution < 1.29 is 9.53 Å². The number of rotatable bonds is 4. The Labute approximate surface area is 122 Å². The molecule has 0 unspecified atom stereocenters. The molecule has 2 N–H and O–H groups in total. The van der Waals surface area contributed by atoms with E-state index in [0.29, 0.717) is 0 Å². The van der Waals surface area contributed by atoms with E-state index in [-0.39, 0.29) is 24.2 Å². The first-order valence-electron chi connectivity index (χ1n) is 6.50. The van der Waals surface area contributed by atoms with Crippen molar-refractivity contribution in [1.82, 2.24) is 10.6 Å². The Kier molecular flexibility index (Phi) is 5.07. The molecule has 2 rings (SSSR count). The maximum Gasteiger partial charge on any atom is 0.315 e. The molecule has 4 nitrogen and oxygen atoms in total. The van der Waals surface area contributed by atoms with Crippen molar-refractivity contribution in [2.45, 2.75) is 44.9 Å². The second kappa shape index (κ2) is 6.59. The molecule has 1 saturated heterocycles. The molecule has 3 atom stereocenters. The number of carbonyl (C=O) groups excluding carboxylic acids is 1. The molecule has 1 aliphatic rings. The number of amides is 2. The van der Waals surface area contributed by atoms with Gasteiger partial charge in [-0.05, 0) is 38.8 Å². The predicted octanol–water partition coefficient (Wildman–Crippen LogP) is 3.33. The number of urea groups is 1. The molecule has 1 fully saturated rings. The first kappa shape index (κ1) is 14.6. The Morgan fingerprint density at radius 2 is 2.26 bits per heavy atom. The maximum absolute atomic E-state index is 11.9. The van der Waals surface area contributed by atoms with E-state index in [2.05, 4.69) is 10.6 Å². The summed E-state index contributed by atoms with van der Waals surface area (Å²) in [5, 5.41) is 5.84. The van der Waals surface area contributed by atoms with Crippen molar-refractivity contribution in [2.75, 3.05) is 6.61 Å². The molecule has 0 aromatic carbocycles. The number of hydrogen-bond acceptors (Lipinski definition) is 3. The van der Waals surface area contributed by atoms with Gasteiger partial charge in [-0.25, -0.2) is 4.79 Å². The lowest BCUT2D eigenvalue weighted by atomic mass is 10.1. The summed E-state index contributed by atoms with van der Waals surface area (Å²) in [6, 6.07) is 3.59. The molecule has 1 aromatic heterocycles. The van der Waals surface area contributed by atoms with Crippen LogP contribution in [0.15, 0.2) is 12.1 Å². The summed E-state index contributed by atoms with van der Waals surface area (Å²) in [7, 11) is 0. The Bertz CT molecular complexity index is 432. The fraction of sp³-hybridized carbons (Fsp3) is 0.615. The topological polar surface area (TPSA) is 50.4 Å². The molecule has 2 heterocycles. The highest BCUT2D eigenvalue weighted by Gasteiger charge is 2.24. The van der Waals surface area contributed by atoms with E-state index in [4.69, 9.17) is 16.3 Å². The number of nitrogens with one attached hydrogen (secondary N) is 2. The normalized spacial score (nSPS) is 21.9. The van der Waals surface area contributed by atoms with E-state index in [1.54, 1.807) is 0 Å². The van der Waals surface area contributed by atoms with Crippen LogP contribution in [0.3, 0.4) is 0 Å². The van der Waals surface area contributed by atoms with Gasteiger partial charge in [0, 0.05) is 11.5 Å². The van der Waals surface area contributed by atoms with Crippen LogP contribution in [0.2, 0.25) is 4.34 Å². The minimum atomic E-state index is -0.167. The van der Waals surface area contributed by atoms with E-state index >= 15 is 0 Å². The number of halogens is 1. The van der Waals surface area contributed by atoms with E-state index in [1.807, 2.05) is 26.0 Å². The van der Waals surface area contributed by atoms with Crippen molar-refractivity contribution in [3.8, 4) is 0 Å². The minimum Gasteiger partial charge on any atom is -0.376 e. The van der Waals surface area contributed by atoms with Crippen molar-refractivity contribution in [3.63, 3.8) is 0 Å². The quantitative estimate of drug-likeness (QED) is 0.896. The van der Waals surface area contributed by atoms with Crippen LogP contribution in [0.4, 0.5) is 4.79 Å². The van der Waals surface area contributed by atoms with Gasteiger partial charge < -0.3 is 15.4 Å². The van der Waals surface area contributed by atoms with Crippen LogP contribution in [0.25, 0.3) is 0 Å². The molecule has 6 heteroatoms. The van der Waals surface area contributed by atoms with Crippen molar-refractivity contribution >= 4 is 29.0 Å². The molecule has 106 valence electrons. The molecule has 19 heavy (non-hydrogen) atoms. The summed E-state index contributed by atoms with van der Waals surface area (Å²) in [4.78, 5) is 12.9. The molecule has 0 aliphatic carbocycles. The van der Waals surface area contributed by atoms with Crippen LogP contribution in [0.5, 0.6) is 0 Å². The lowest BCUT2D eigenvalue weighted by Gasteiger charge is -2.21. The monoisotopic (exact) mass is 302 g/mol. The largest absolute Gasteiger partial charge is 0.376 e. The van der Waals surface area contributed by atoms with Crippen LogP contribution >= 0.6 is 22.9 Å². The minimum absolute atomic E-state index is 0.0293. The van der Waals surface area contributed by atoms with E-state index in [1.165, 1.54) is 11.3 Å². The molecule has 2 amide bonds. The van der Waals surface area contributed by atoms with Gasteiger partial charge in [0.2, 0.25) is 0 Å². The van der Waals surface area contributed by atoms with Gasteiger partial charge in [0.25, 0.3) is 0 Å². The zero-order chi connectivity index (χ0) is 13.8. The van der Waals surface area contributed by atoms with Gasteiger partial charge in [-0.3, -0.25) is 0 Å². The highest BCUT2D eigenvalue weighted by molar-refractivity contribution is 7.16. The van der Waals surface area contributed by atoms with Gasteiger partial charge in [0.05, 0.1) is 22.5 Å². The van der Waals surface area contributed by atoms with Gasteiger partial charge in [0.15, 0.2) is 0 Å². The zero-order valence-corrected chi connectivity index (χ0v) is 12.7. The lowest BCUT2D eigenvalue weighted by molar-refractivity contribution is 0.0859. The molecule has 1 aromatic rings. The number of thiophene rings is 1. The Morgan fingerprint density at radius 3 is 2.84 bits per heavy atom. The van der Waals surface area contributed by atoms with Crippen LogP contribution in [-0.2, 0) is 4.74 Å². The third-order valence-corrected chi connectivity index (χ3v) is 4.66. The lowest BCUT2D eigenvalue weighted by Crippen LogP contribution is -2.46. The smallest absolute Gasteiger partial charge is 0.315 e. The number of hydrogen-bond donors (Lipinski definition) is 2. The summed E-state index contributed by atoms with van der Waals surface area (Å²) >= 11 is 7.37. The highest BCUT2D eigenvalue weighted by Crippen LogP contribution is 2.26. The SMILES string of the molecule is C[C@H](NC(=O)N[C@@H](C)[C@H]1CCCO1)c1ccc(Cl)s1. The van der Waals surface area contributed by atoms with Gasteiger partial charge >= 0.3 is 6.03 Å². The molecular weight excluding hydrogens is 284 g/mol. The van der Waals surface area contributed by atoms with Gasteiger partial charge in [-0.1, -0.05) is 11.6 Å². The van der Waals surface area contributed by atoms with E-state index in [9.17, 15) is 4.79 Å². The second-order valence-electron chi connectivity index (χ2n) is 4.82. The van der Waals surface area contributed by atoms with Crippen LogP contribution in [-0.4, -0.2) is 24.8 Å². The molecule has 0 radical (unpaired) electrons. The second-order valence-corrected chi connectivity index (χ2v) is 6.57. The average Bonchev–Trinajstić information content (AvgIpc) is 2.98. The van der Waals surface area contributed by atoms with Gasteiger partial charge in [0.1, 0.15) is 0 Å². The summed E-state index contributed by atoms with van der Waals surface area (Å²) in [5.74, 6) is 0. The third-order valence-electron chi connectivity index (χ3n) is 3.25. The molecule has 0 saturated carbocycles. The van der Waals surface area contributed by atoms with E-state index < -0.39 is 0 Å². The zero-order valence-electron chi connectivity index (χ0n) is 11.1. The molecule has 1 aliphatic heterocycles. The Morgan fingerprint density at radius 1 is 1.47 bits per heavy atom. The molecular formula is C13H19ClN2O2S. The maximum atomic E-state index is 11.9. The first-order valence-corrected chi connectivity index (χ1v) is 7.69. The fourth-order valence-corrected chi connectivity index (χ4v) is 3.23. The van der Waals surface area contributed by atoms with E-state index in [0.717, 1.165) is 28.7 Å². The summed E-state index contributed by atoms with van der Waals surface area (Å²) in [6.07, 6.45) is 2.22. The van der Waals surface area contributed by atoms with Crippen LogP contribution in [0, 0.1) is 0 Å². The van der Waals surface area contributed by atoms with Crippen LogP contribution in [0.1, 0.15) is 37.6 Å². The average molecular weight is 303 g/mol. The molecule has 0 bridgehead atoms. The fourth-order valence-electron chi connectivity index (χ4n) is 2.17. The predicted molar refractivity (Wildman–Crippen MR) is 77.8 cm³/mol. The van der Waals surface area contributed by atoms with Crippen LogP contribution < -0.4 is 10.6 Å². The number of ether oxygens (including phenoxy) is 1. The first-order chi connectivity index (χ1) is 9.06. The highest BCUT2D eigenvalue weighted by atomic mass is 35.5. The summed E-state index contributed by atoms with van der Waals surface area (Å²) in [6.45, 7) is 4.71. The van der Waals surface area contributed by atoms with Crippen molar-refractivity contribution in [1.29, 1.82) is 0 Å².